The molecule has 0 saturated carbocycles. The first-order valence-corrected chi connectivity index (χ1v) is 7.19. The van der Waals surface area contributed by atoms with Crippen LogP contribution in [-0.2, 0) is 0 Å². The minimum absolute atomic E-state index is 0.648. The fraction of sp³-hybridized carbons (Fsp3) is 0.118. The lowest BCUT2D eigenvalue weighted by atomic mass is 10.2. The number of benzene rings is 2. The number of hydrogen-bond acceptors (Lipinski definition) is 5. The van der Waals surface area contributed by atoms with Crippen LogP contribution in [0.4, 0.5) is 5.69 Å². The molecule has 0 aliphatic carbocycles. The third-order valence-corrected chi connectivity index (χ3v) is 3.34. The molecule has 0 bridgehead atoms. The van der Waals surface area contributed by atoms with Gasteiger partial charge in [0, 0.05) is 18.0 Å². The first kappa shape index (κ1) is 14.8. The zero-order valence-corrected chi connectivity index (χ0v) is 13.0. The molecule has 0 radical (unpaired) electrons. The van der Waals surface area contributed by atoms with E-state index >= 15 is 0 Å². The van der Waals surface area contributed by atoms with E-state index in [0.717, 1.165) is 17.1 Å². The quantitative estimate of drug-likeness (QED) is 0.785. The molecule has 0 spiro atoms. The number of methoxy groups -OCH3 is 1. The number of aromatic nitrogens is 4. The second-order valence-corrected chi connectivity index (χ2v) is 4.99. The van der Waals surface area contributed by atoms with Crippen LogP contribution in [0.5, 0.6) is 5.75 Å². The van der Waals surface area contributed by atoms with Gasteiger partial charge in [-0.1, -0.05) is 17.7 Å². The van der Waals surface area contributed by atoms with Crippen molar-refractivity contribution < 1.29 is 4.74 Å². The summed E-state index contributed by atoms with van der Waals surface area (Å²) < 4.78 is 6.82. The second kappa shape index (κ2) is 6.74. The molecule has 1 N–H and O–H groups in total. The lowest BCUT2D eigenvalue weighted by Gasteiger charge is -2.03. The summed E-state index contributed by atoms with van der Waals surface area (Å²) >= 11 is 0. The fourth-order valence-electron chi connectivity index (χ4n) is 2.07. The SMILES string of the molecule is COc1ccc(N/C=C\c2nnnn2-c2ccc(C)cc2)cc1. The van der Waals surface area contributed by atoms with Crippen LogP contribution < -0.4 is 10.1 Å². The molecule has 0 aliphatic rings. The van der Waals surface area contributed by atoms with Gasteiger partial charge in [0.15, 0.2) is 5.82 Å². The van der Waals surface area contributed by atoms with Gasteiger partial charge in [0.05, 0.1) is 12.8 Å². The van der Waals surface area contributed by atoms with Crippen LogP contribution in [0.1, 0.15) is 11.4 Å². The van der Waals surface area contributed by atoms with E-state index in [-0.39, 0.29) is 0 Å². The molecule has 1 heterocycles. The smallest absolute Gasteiger partial charge is 0.181 e. The Morgan fingerprint density at radius 1 is 1.04 bits per heavy atom. The summed E-state index contributed by atoms with van der Waals surface area (Å²) in [5.41, 5.74) is 3.07. The molecule has 0 saturated heterocycles. The molecule has 0 atom stereocenters. The molecule has 3 rings (SSSR count). The number of nitrogens with one attached hydrogen (secondary N) is 1. The van der Waals surface area contributed by atoms with Crippen LogP contribution in [-0.4, -0.2) is 27.3 Å². The molecule has 0 amide bonds. The topological polar surface area (TPSA) is 64.9 Å². The predicted molar refractivity (Wildman–Crippen MR) is 89.5 cm³/mol. The minimum atomic E-state index is 0.648. The number of rotatable bonds is 5. The number of hydrogen-bond donors (Lipinski definition) is 1. The Hall–Kier alpha value is -3.15. The normalized spacial score (nSPS) is 10.9. The van der Waals surface area contributed by atoms with Crippen molar-refractivity contribution >= 4 is 11.8 Å². The van der Waals surface area contributed by atoms with E-state index in [1.165, 1.54) is 5.56 Å². The van der Waals surface area contributed by atoms with Gasteiger partial charge < -0.3 is 10.1 Å². The summed E-state index contributed by atoms with van der Waals surface area (Å²) in [7, 11) is 1.65. The van der Waals surface area contributed by atoms with E-state index in [2.05, 4.69) is 20.8 Å². The summed E-state index contributed by atoms with van der Waals surface area (Å²) in [5, 5.41) is 15.0. The summed E-state index contributed by atoms with van der Waals surface area (Å²) in [6.07, 6.45) is 3.63. The largest absolute Gasteiger partial charge is 0.497 e. The monoisotopic (exact) mass is 307 g/mol. The molecule has 6 heteroatoms. The van der Waals surface area contributed by atoms with Crippen molar-refractivity contribution in [1.29, 1.82) is 0 Å². The second-order valence-electron chi connectivity index (χ2n) is 4.99. The highest BCUT2D eigenvalue weighted by molar-refractivity contribution is 5.53. The average Bonchev–Trinajstić information content (AvgIpc) is 3.05. The molecular formula is C17H17N5O. The zero-order chi connectivity index (χ0) is 16.1. The van der Waals surface area contributed by atoms with Gasteiger partial charge in [0.1, 0.15) is 5.75 Å². The van der Waals surface area contributed by atoms with Crippen molar-refractivity contribution in [1.82, 2.24) is 20.2 Å². The fourth-order valence-corrected chi connectivity index (χ4v) is 2.07. The molecular weight excluding hydrogens is 290 g/mol. The summed E-state index contributed by atoms with van der Waals surface area (Å²) in [6, 6.07) is 15.7. The van der Waals surface area contributed by atoms with E-state index in [1.54, 1.807) is 18.0 Å². The van der Waals surface area contributed by atoms with Crippen LogP contribution in [0.3, 0.4) is 0 Å². The number of aryl methyl sites for hydroxylation is 1. The third-order valence-electron chi connectivity index (χ3n) is 3.34. The highest BCUT2D eigenvalue weighted by atomic mass is 16.5. The van der Waals surface area contributed by atoms with Gasteiger partial charge in [-0.05, 0) is 53.7 Å². The Labute approximate surface area is 134 Å². The van der Waals surface area contributed by atoms with E-state index < -0.39 is 0 Å². The van der Waals surface area contributed by atoms with Gasteiger partial charge >= 0.3 is 0 Å². The van der Waals surface area contributed by atoms with Gasteiger partial charge in [-0.3, -0.25) is 0 Å². The molecule has 0 unspecified atom stereocenters. The van der Waals surface area contributed by atoms with Crippen molar-refractivity contribution in [2.75, 3.05) is 12.4 Å². The van der Waals surface area contributed by atoms with Gasteiger partial charge in [-0.25, -0.2) is 0 Å². The van der Waals surface area contributed by atoms with Gasteiger partial charge in [0.25, 0.3) is 0 Å². The lowest BCUT2D eigenvalue weighted by Crippen LogP contribution is -2.00. The van der Waals surface area contributed by atoms with Crippen LogP contribution in [0.25, 0.3) is 11.8 Å². The van der Waals surface area contributed by atoms with E-state index in [4.69, 9.17) is 4.74 Å². The summed E-state index contributed by atoms with van der Waals surface area (Å²) in [6.45, 7) is 2.04. The minimum Gasteiger partial charge on any atom is -0.497 e. The van der Waals surface area contributed by atoms with Crippen molar-refractivity contribution in [3.8, 4) is 11.4 Å². The predicted octanol–water partition coefficient (Wildman–Crippen LogP) is 3.06. The lowest BCUT2D eigenvalue weighted by molar-refractivity contribution is 0.415. The van der Waals surface area contributed by atoms with Crippen molar-refractivity contribution in [2.24, 2.45) is 0 Å². The molecule has 2 aromatic carbocycles. The highest BCUT2D eigenvalue weighted by Gasteiger charge is 2.04. The van der Waals surface area contributed by atoms with Crippen molar-refractivity contribution in [2.45, 2.75) is 6.92 Å². The zero-order valence-electron chi connectivity index (χ0n) is 13.0. The highest BCUT2D eigenvalue weighted by Crippen LogP contribution is 2.15. The Morgan fingerprint density at radius 3 is 2.48 bits per heavy atom. The van der Waals surface area contributed by atoms with E-state index in [9.17, 15) is 0 Å². The Balaban J connectivity index is 1.73. The molecule has 3 aromatic rings. The van der Waals surface area contributed by atoms with Crippen molar-refractivity contribution in [3.63, 3.8) is 0 Å². The maximum Gasteiger partial charge on any atom is 0.181 e. The molecule has 0 aliphatic heterocycles. The first-order valence-electron chi connectivity index (χ1n) is 7.19. The van der Waals surface area contributed by atoms with Crippen LogP contribution in [0, 0.1) is 6.92 Å². The number of anilines is 1. The molecule has 1 aromatic heterocycles. The van der Waals surface area contributed by atoms with Crippen LogP contribution in [0.2, 0.25) is 0 Å². The maximum absolute atomic E-state index is 5.13. The maximum atomic E-state index is 5.13. The Bertz CT molecular complexity index is 791. The molecule has 116 valence electrons. The van der Waals surface area contributed by atoms with Gasteiger partial charge in [0.2, 0.25) is 0 Å². The Morgan fingerprint density at radius 2 is 1.78 bits per heavy atom. The van der Waals surface area contributed by atoms with E-state index in [1.807, 2.05) is 61.5 Å². The molecule has 0 fully saturated rings. The van der Waals surface area contributed by atoms with E-state index in [0.29, 0.717) is 5.82 Å². The van der Waals surface area contributed by atoms with Gasteiger partial charge in [-0.2, -0.15) is 4.68 Å². The number of ether oxygens (including phenoxy) is 1. The van der Waals surface area contributed by atoms with Crippen LogP contribution >= 0.6 is 0 Å². The summed E-state index contributed by atoms with van der Waals surface area (Å²) in [5.74, 6) is 1.47. The Kier molecular flexibility index (Phi) is 4.33. The van der Waals surface area contributed by atoms with Gasteiger partial charge in [-0.15, -0.1) is 5.10 Å². The number of nitrogens with zero attached hydrogens (tertiary/aromatic N) is 4. The first-order chi connectivity index (χ1) is 11.3. The third kappa shape index (κ3) is 3.55. The number of tetrazole rings is 1. The molecule has 6 nitrogen and oxygen atoms in total. The average molecular weight is 307 g/mol. The van der Waals surface area contributed by atoms with Crippen molar-refractivity contribution in [3.05, 3.63) is 66.1 Å². The summed E-state index contributed by atoms with van der Waals surface area (Å²) in [4.78, 5) is 0. The van der Waals surface area contributed by atoms with Crippen LogP contribution in [0.15, 0.2) is 54.7 Å². The standard InChI is InChI=1S/C17H17N5O/c1-13-3-7-15(8-4-13)22-17(19-20-21-22)11-12-18-14-5-9-16(23-2)10-6-14/h3-12,18H,1-2H3/b12-11-. The molecule has 23 heavy (non-hydrogen) atoms.